The lowest BCUT2D eigenvalue weighted by Gasteiger charge is -2.36. The molecule has 1 aliphatic heterocycles. The number of pyridine rings is 1. The van der Waals surface area contributed by atoms with Gasteiger partial charge in [0.25, 0.3) is 0 Å². The molecule has 56 heavy (non-hydrogen) atoms. The normalized spacial score (nSPS) is 23.8. The maximum absolute atomic E-state index is 5.48. The molecule has 11 rings (SSSR count). The molecular formula is C53H51N3. The number of rotatable bonds is 6. The van der Waals surface area contributed by atoms with Crippen LogP contribution >= 0.6 is 0 Å². The van der Waals surface area contributed by atoms with Crippen LogP contribution in [0.15, 0.2) is 139 Å². The summed E-state index contributed by atoms with van der Waals surface area (Å²) >= 11 is 0. The highest BCUT2D eigenvalue weighted by molar-refractivity contribution is 5.94. The van der Waals surface area contributed by atoms with Gasteiger partial charge in [-0.25, -0.2) is 4.98 Å². The third-order valence-corrected chi connectivity index (χ3v) is 13.7. The number of benzene rings is 3. The smallest absolute Gasteiger partial charge is 0.138 e. The molecule has 4 atom stereocenters. The highest BCUT2D eigenvalue weighted by Crippen LogP contribution is 2.50. The van der Waals surface area contributed by atoms with Gasteiger partial charge in [-0.2, -0.15) is 0 Å². The predicted octanol–water partition coefficient (Wildman–Crippen LogP) is 13.7. The van der Waals surface area contributed by atoms with E-state index in [2.05, 4.69) is 149 Å². The topological polar surface area (TPSA) is 21.1 Å². The lowest BCUT2D eigenvalue weighted by Crippen LogP contribution is -2.35. The molecule has 0 amide bonds. The Kier molecular flexibility index (Phi) is 8.63. The number of hydrogen-bond donors (Lipinski definition) is 0. The van der Waals surface area contributed by atoms with Gasteiger partial charge in [0.05, 0.1) is 16.9 Å². The third-order valence-electron chi connectivity index (χ3n) is 13.7. The summed E-state index contributed by atoms with van der Waals surface area (Å²) in [4.78, 5) is 8.25. The quantitative estimate of drug-likeness (QED) is 0.162. The Balaban J connectivity index is 0.996. The van der Waals surface area contributed by atoms with Crippen molar-refractivity contribution in [1.82, 2.24) is 9.55 Å². The Morgan fingerprint density at radius 1 is 0.679 bits per heavy atom. The summed E-state index contributed by atoms with van der Waals surface area (Å²) in [6, 6.07) is 31.0. The average molecular weight is 730 g/mol. The molecule has 5 aromatic rings. The Hall–Kier alpha value is -5.41. The SMILES string of the molecule is C1=CCC(c2cc(C3=CCCCC3)cc(-n3c4c(c5cc(-c6ccc7c(c6)N(C6=CCC(c8ccccc8)CC6)C6CCC=CC76)ccc53)CCC=C4)n2)C=C1. The zero-order valence-corrected chi connectivity index (χ0v) is 32.4. The van der Waals surface area contributed by atoms with Crippen LogP contribution in [-0.2, 0) is 6.42 Å². The Morgan fingerprint density at radius 3 is 2.46 bits per heavy atom. The van der Waals surface area contributed by atoms with Crippen LogP contribution in [0.2, 0.25) is 0 Å². The monoisotopic (exact) mass is 729 g/mol. The van der Waals surface area contributed by atoms with Crippen molar-refractivity contribution in [1.29, 1.82) is 0 Å². The van der Waals surface area contributed by atoms with Crippen LogP contribution < -0.4 is 4.90 Å². The van der Waals surface area contributed by atoms with E-state index in [-0.39, 0.29) is 0 Å². The number of hydrogen-bond acceptors (Lipinski definition) is 2. The van der Waals surface area contributed by atoms with Gasteiger partial charge in [-0.05, 0) is 158 Å². The van der Waals surface area contributed by atoms with E-state index >= 15 is 0 Å². The molecule has 0 spiro atoms. The second-order valence-corrected chi connectivity index (χ2v) is 17.0. The second kappa shape index (κ2) is 14.3. The van der Waals surface area contributed by atoms with E-state index in [4.69, 9.17) is 4.98 Å². The van der Waals surface area contributed by atoms with Crippen LogP contribution in [0.1, 0.15) is 122 Å². The van der Waals surface area contributed by atoms with Crippen LogP contribution in [0.25, 0.3) is 39.5 Å². The van der Waals surface area contributed by atoms with E-state index < -0.39 is 0 Å². The first-order valence-corrected chi connectivity index (χ1v) is 21.5. The van der Waals surface area contributed by atoms with E-state index in [1.165, 1.54) is 105 Å². The summed E-state index contributed by atoms with van der Waals surface area (Å²) in [5, 5.41) is 1.36. The summed E-state index contributed by atoms with van der Waals surface area (Å²) in [5.41, 5.74) is 16.6. The van der Waals surface area contributed by atoms with Crippen molar-refractivity contribution in [3.05, 3.63) is 173 Å². The second-order valence-electron chi connectivity index (χ2n) is 17.0. The largest absolute Gasteiger partial charge is 0.341 e. The maximum atomic E-state index is 5.48. The van der Waals surface area contributed by atoms with Crippen molar-refractivity contribution < 1.29 is 0 Å². The first-order chi connectivity index (χ1) is 27.8. The maximum Gasteiger partial charge on any atom is 0.138 e. The lowest BCUT2D eigenvalue weighted by molar-refractivity contribution is 0.521. The molecule has 2 aromatic heterocycles. The number of aryl methyl sites for hydroxylation is 1. The Labute approximate surface area is 332 Å². The molecule has 0 saturated heterocycles. The van der Waals surface area contributed by atoms with Crippen molar-refractivity contribution in [3.8, 4) is 16.9 Å². The van der Waals surface area contributed by atoms with Crippen molar-refractivity contribution in [3.63, 3.8) is 0 Å². The Bertz CT molecular complexity index is 2520. The highest BCUT2D eigenvalue weighted by Gasteiger charge is 2.40. The molecule has 6 aliphatic rings. The van der Waals surface area contributed by atoms with E-state index in [1.54, 1.807) is 0 Å². The summed E-state index contributed by atoms with van der Waals surface area (Å²) in [6.07, 6.45) is 37.5. The first kappa shape index (κ1) is 33.9. The van der Waals surface area contributed by atoms with E-state index in [0.717, 1.165) is 50.8 Å². The molecule has 4 unspecified atom stereocenters. The van der Waals surface area contributed by atoms with Gasteiger partial charge in [0.2, 0.25) is 0 Å². The molecule has 0 N–H and O–H groups in total. The summed E-state index contributed by atoms with van der Waals surface area (Å²) in [7, 11) is 0. The standard InChI is InChI=1S/C53H51N3/c1-4-14-36(15-5-1)38-24-28-43(29-25-38)55-49-22-12-10-20-44(49)46-30-26-41(34-52(46)55)40-27-31-51-47(32-40)45-21-11-13-23-50(45)56(51)53-35-42(37-16-6-2-7-17-37)33-48(54-53)39-18-8-3-9-19-39/h1,3-5,8-10,13-16,18,20,23,26-28,30-35,38-39,44,49H,2,6-7,11-12,17,19,21-22,24-25,29H2. The van der Waals surface area contributed by atoms with Crippen LogP contribution in [0, 0.1) is 0 Å². The molecule has 5 aliphatic carbocycles. The minimum absolute atomic E-state index is 0.302. The van der Waals surface area contributed by atoms with Gasteiger partial charge in [-0.3, -0.25) is 4.57 Å². The minimum Gasteiger partial charge on any atom is -0.341 e. The fourth-order valence-electron chi connectivity index (χ4n) is 10.8. The molecule has 3 nitrogen and oxygen atoms in total. The molecular weight excluding hydrogens is 679 g/mol. The molecule has 3 heteroatoms. The third kappa shape index (κ3) is 5.90. The van der Waals surface area contributed by atoms with Gasteiger partial charge in [0.15, 0.2) is 0 Å². The number of allylic oxidation sites excluding steroid dienone is 10. The fraction of sp³-hybridized carbons (Fsp3) is 0.302. The van der Waals surface area contributed by atoms with Gasteiger partial charge >= 0.3 is 0 Å². The number of anilines is 1. The zero-order chi connectivity index (χ0) is 37.0. The van der Waals surface area contributed by atoms with Crippen molar-refractivity contribution in [2.24, 2.45) is 0 Å². The van der Waals surface area contributed by atoms with Gasteiger partial charge in [-0.1, -0.05) is 103 Å². The van der Waals surface area contributed by atoms with Crippen LogP contribution in [0.5, 0.6) is 0 Å². The van der Waals surface area contributed by atoms with E-state index in [0.29, 0.717) is 23.8 Å². The molecule has 0 bridgehead atoms. The van der Waals surface area contributed by atoms with E-state index in [1.807, 2.05) is 0 Å². The minimum atomic E-state index is 0.302. The summed E-state index contributed by atoms with van der Waals surface area (Å²) in [5.74, 6) is 2.44. The van der Waals surface area contributed by atoms with Crippen LogP contribution in [-0.4, -0.2) is 15.6 Å². The van der Waals surface area contributed by atoms with Crippen LogP contribution in [0.4, 0.5) is 5.69 Å². The van der Waals surface area contributed by atoms with Gasteiger partial charge in [-0.15, -0.1) is 0 Å². The predicted molar refractivity (Wildman–Crippen MR) is 234 cm³/mol. The molecule has 3 heterocycles. The molecule has 0 radical (unpaired) electrons. The lowest BCUT2D eigenvalue weighted by atomic mass is 9.85. The molecule has 0 saturated carbocycles. The zero-order valence-electron chi connectivity index (χ0n) is 32.4. The first-order valence-electron chi connectivity index (χ1n) is 21.5. The summed E-state index contributed by atoms with van der Waals surface area (Å²) < 4.78 is 2.47. The average Bonchev–Trinajstić information content (AvgIpc) is 3.79. The highest BCUT2D eigenvalue weighted by atomic mass is 15.2. The van der Waals surface area contributed by atoms with Gasteiger partial charge < -0.3 is 4.90 Å². The Morgan fingerprint density at radius 2 is 1.61 bits per heavy atom. The number of aromatic nitrogens is 2. The number of nitrogens with zero attached hydrogens (tertiary/aromatic N) is 3. The fourth-order valence-corrected chi connectivity index (χ4v) is 10.8. The molecule has 0 fully saturated rings. The summed E-state index contributed by atoms with van der Waals surface area (Å²) in [6.45, 7) is 0. The van der Waals surface area contributed by atoms with E-state index in [9.17, 15) is 0 Å². The van der Waals surface area contributed by atoms with Gasteiger partial charge in [0.1, 0.15) is 5.82 Å². The molecule has 278 valence electrons. The van der Waals surface area contributed by atoms with Crippen LogP contribution in [0.3, 0.4) is 0 Å². The molecule has 3 aromatic carbocycles. The van der Waals surface area contributed by atoms with Crippen molar-refractivity contribution >= 4 is 28.2 Å². The number of fused-ring (bicyclic) bond motifs is 6. The van der Waals surface area contributed by atoms with Gasteiger partial charge in [0, 0.05) is 34.6 Å². The van der Waals surface area contributed by atoms with Crippen molar-refractivity contribution in [2.45, 2.75) is 101 Å². The van der Waals surface area contributed by atoms with Crippen molar-refractivity contribution in [2.75, 3.05) is 4.90 Å².